The van der Waals surface area contributed by atoms with Crippen LogP contribution in [-0.4, -0.2) is 41.4 Å². The molecule has 0 saturated heterocycles. The van der Waals surface area contributed by atoms with Crippen molar-refractivity contribution in [1.29, 1.82) is 0 Å². The molecule has 0 atom stereocenters. The zero-order valence-corrected chi connectivity index (χ0v) is 12.9. The monoisotopic (exact) mass is 316 g/mol. The number of sulfonamides is 1. The Morgan fingerprint density at radius 2 is 1.90 bits per heavy atom. The number of carbonyl (C=O) groups is 1. The van der Waals surface area contributed by atoms with Gasteiger partial charge in [-0.15, -0.1) is 0 Å². The summed E-state index contributed by atoms with van der Waals surface area (Å²) in [6.45, 7) is 2.81. The molecule has 0 spiro atoms. The molecule has 0 heterocycles. The number of hydrogen-bond donors (Lipinski definition) is 2. The van der Waals surface area contributed by atoms with Crippen LogP contribution in [0.1, 0.15) is 12.5 Å². The van der Waals surface area contributed by atoms with E-state index in [-0.39, 0.29) is 18.0 Å². The molecule has 7 nitrogen and oxygen atoms in total. The van der Waals surface area contributed by atoms with Crippen molar-refractivity contribution in [3.05, 3.63) is 29.8 Å². The lowest BCUT2D eigenvalue weighted by Gasteiger charge is -2.08. The van der Waals surface area contributed by atoms with Crippen molar-refractivity contribution >= 4 is 16.1 Å². The van der Waals surface area contributed by atoms with E-state index in [4.69, 9.17) is 9.47 Å². The number of hydrogen-bond acceptors (Lipinski definition) is 5. The molecular weight excluding hydrogens is 296 g/mol. The SMILES string of the molecule is CCOC(=O)NCc1ccc(S(=O)(=O)NCCOC)cc1. The van der Waals surface area contributed by atoms with E-state index in [0.717, 1.165) is 5.56 Å². The third-order valence-corrected chi connectivity index (χ3v) is 4.02. The van der Waals surface area contributed by atoms with Gasteiger partial charge in [0.05, 0.1) is 18.1 Å². The minimum Gasteiger partial charge on any atom is -0.450 e. The average molecular weight is 316 g/mol. The average Bonchev–Trinajstić information content (AvgIpc) is 2.46. The van der Waals surface area contributed by atoms with Crippen molar-refractivity contribution in [3.63, 3.8) is 0 Å². The maximum atomic E-state index is 11.9. The molecule has 0 radical (unpaired) electrons. The summed E-state index contributed by atoms with van der Waals surface area (Å²) in [5.74, 6) is 0. The molecule has 1 rings (SSSR count). The molecule has 21 heavy (non-hydrogen) atoms. The summed E-state index contributed by atoms with van der Waals surface area (Å²) in [5.41, 5.74) is 0.777. The summed E-state index contributed by atoms with van der Waals surface area (Å²) >= 11 is 0. The van der Waals surface area contributed by atoms with Gasteiger partial charge in [-0.05, 0) is 24.6 Å². The van der Waals surface area contributed by atoms with Gasteiger partial charge in [-0.1, -0.05) is 12.1 Å². The first-order valence-electron chi connectivity index (χ1n) is 6.47. The number of alkyl carbamates (subject to hydrolysis) is 1. The Labute approximate surface area is 124 Å². The summed E-state index contributed by atoms with van der Waals surface area (Å²) in [6.07, 6.45) is -0.504. The largest absolute Gasteiger partial charge is 0.450 e. The van der Waals surface area contributed by atoms with Crippen LogP contribution in [0.2, 0.25) is 0 Å². The fourth-order valence-electron chi connectivity index (χ4n) is 1.50. The molecule has 0 unspecified atom stereocenters. The Bertz CT molecular complexity index is 542. The molecule has 0 saturated carbocycles. The Morgan fingerprint density at radius 1 is 1.24 bits per heavy atom. The van der Waals surface area contributed by atoms with Crippen molar-refractivity contribution in [1.82, 2.24) is 10.0 Å². The van der Waals surface area contributed by atoms with E-state index >= 15 is 0 Å². The fraction of sp³-hybridized carbons (Fsp3) is 0.462. The number of ether oxygens (including phenoxy) is 2. The van der Waals surface area contributed by atoms with Crippen LogP contribution in [-0.2, 0) is 26.0 Å². The van der Waals surface area contributed by atoms with Gasteiger partial charge in [-0.25, -0.2) is 17.9 Å². The number of carbonyl (C=O) groups excluding carboxylic acids is 1. The van der Waals surface area contributed by atoms with Gasteiger partial charge in [-0.2, -0.15) is 0 Å². The lowest BCUT2D eigenvalue weighted by atomic mass is 10.2. The number of rotatable bonds is 8. The molecule has 8 heteroatoms. The molecule has 2 N–H and O–H groups in total. The zero-order chi connectivity index (χ0) is 15.7. The van der Waals surface area contributed by atoms with Crippen LogP contribution in [0.3, 0.4) is 0 Å². The standard InChI is InChI=1S/C13H20N2O5S/c1-3-20-13(16)14-10-11-4-6-12(7-5-11)21(17,18)15-8-9-19-2/h4-7,15H,3,8-10H2,1-2H3,(H,14,16). The Hall–Kier alpha value is -1.64. The molecular formula is C13H20N2O5S. The minimum atomic E-state index is -3.53. The highest BCUT2D eigenvalue weighted by Gasteiger charge is 2.12. The Balaban J connectivity index is 2.59. The van der Waals surface area contributed by atoms with Crippen LogP contribution in [0.25, 0.3) is 0 Å². The van der Waals surface area contributed by atoms with Gasteiger partial charge in [0.1, 0.15) is 0 Å². The molecule has 0 bridgehead atoms. The van der Waals surface area contributed by atoms with E-state index in [0.29, 0.717) is 13.2 Å². The maximum absolute atomic E-state index is 11.9. The molecule has 0 aliphatic heterocycles. The second-order valence-corrected chi connectivity index (χ2v) is 5.88. The Morgan fingerprint density at radius 3 is 2.48 bits per heavy atom. The predicted molar refractivity (Wildman–Crippen MR) is 77.4 cm³/mol. The molecule has 0 aliphatic rings. The van der Waals surface area contributed by atoms with Gasteiger partial charge in [0, 0.05) is 20.2 Å². The molecule has 1 amide bonds. The maximum Gasteiger partial charge on any atom is 0.407 e. The number of benzene rings is 1. The summed E-state index contributed by atoms with van der Waals surface area (Å²) in [6, 6.07) is 6.24. The molecule has 118 valence electrons. The number of amides is 1. The summed E-state index contributed by atoms with van der Waals surface area (Å²) in [7, 11) is -2.03. The van der Waals surface area contributed by atoms with Crippen LogP contribution in [0.4, 0.5) is 4.79 Å². The minimum absolute atomic E-state index is 0.165. The molecule has 0 aromatic heterocycles. The summed E-state index contributed by atoms with van der Waals surface area (Å²) in [4.78, 5) is 11.3. The van der Waals surface area contributed by atoms with E-state index in [1.807, 2.05) is 0 Å². The van der Waals surface area contributed by atoms with Crippen LogP contribution >= 0.6 is 0 Å². The summed E-state index contributed by atoms with van der Waals surface area (Å²) in [5, 5.41) is 2.56. The molecule has 0 aliphatic carbocycles. The van der Waals surface area contributed by atoms with Gasteiger partial charge < -0.3 is 14.8 Å². The second-order valence-electron chi connectivity index (χ2n) is 4.11. The van der Waals surface area contributed by atoms with Crippen molar-refractivity contribution in [2.24, 2.45) is 0 Å². The van der Waals surface area contributed by atoms with E-state index in [2.05, 4.69) is 10.0 Å². The third kappa shape index (κ3) is 6.11. The van der Waals surface area contributed by atoms with Crippen molar-refractivity contribution in [2.45, 2.75) is 18.4 Å². The smallest absolute Gasteiger partial charge is 0.407 e. The van der Waals surface area contributed by atoms with Crippen molar-refractivity contribution in [3.8, 4) is 0 Å². The van der Waals surface area contributed by atoms with Crippen LogP contribution in [0.5, 0.6) is 0 Å². The molecule has 1 aromatic rings. The lowest BCUT2D eigenvalue weighted by molar-refractivity contribution is 0.151. The van der Waals surface area contributed by atoms with Crippen molar-refractivity contribution in [2.75, 3.05) is 26.9 Å². The normalized spacial score (nSPS) is 11.1. The van der Waals surface area contributed by atoms with Gasteiger partial charge in [0.25, 0.3) is 0 Å². The zero-order valence-electron chi connectivity index (χ0n) is 12.1. The highest BCUT2D eigenvalue weighted by Crippen LogP contribution is 2.10. The number of nitrogens with one attached hydrogen (secondary N) is 2. The first-order valence-corrected chi connectivity index (χ1v) is 7.96. The Kier molecular flexibility index (Phi) is 7.13. The highest BCUT2D eigenvalue weighted by atomic mass is 32.2. The third-order valence-electron chi connectivity index (χ3n) is 2.54. The van der Waals surface area contributed by atoms with Crippen LogP contribution < -0.4 is 10.0 Å². The highest BCUT2D eigenvalue weighted by molar-refractivity contribution is 7.89. The fourth-order valence-corrected chi connectivity index (χ4v) is 2.52. The van der Waals surface area contributed by atoms with Gasteiger partial charge in [0.15, 0.2) is 0 Å². The quantitative estimate of drug-likeness (QED) is 0.694. The summed E-state index contributed by atoms with van der Waals surface area (Å²) < 4.78 is 35.8. The van der Waals surface area contributed by atoms with E-state index in [1.165, 1.54) is 19.2 Å². The van der Waals surface area contributed by atoms with Gasteiger partial charge >= 0.3 is 6.09 Å². The van der Waals surface area contributed by atoms with Gasteiger partial charge in [-0.3, -0.25) is 0 Å². The van der Waals surface area contributed by atoms with Crippen LogP contribution in [0.15, 0.2) is 29.2 Å². The van der Waals surface area contributed by atoms with Gasteiger partial charge in [0.2, 0.25) is 10.0 Å². The first-order chi connectivity index (χ1) is 9.99. The molecule has 0 fully saturated rings. The first kappa shape index (κ1) is 17.4. The van der Waals surface area contributed by atoms with E-state index < -0.39 is 16.1 Å². The number of methoxy groups -OCH3 is 1. The topological polar surface area (TPSA) is 93.7 Å². The van der Waals surface area contributed by atoms with E-state index in [1.54, 1.807) is 19.1 Å². The van der Waals surface area contributed by atoms with Crippen LogP contribution in [0, 0.1) is 0 Å². The lowest BCUT2D eigenvalue weighted by Crippen LogP contribution is -2.27. The van der Waals surface area contributed by atoms with E-state index in [9.17, 15) is 13.2 Å². The van der Waals surface area contributed by atoms with Crippen molar-refractivity contribution < 1.29 is 22.7 Å². The predicted octanol–water partition coefficient (Wildman–Crippen LogP) is 0.857. The molecule has 1 aromatic carbocycles. The second kappa shape index (κ2) is 8.60.